The van der Waals surface area contributed by atoms with Gasteiger partial charge in [-0.3, -0.25) is 4.79 Å². The number of sulfonamides is 1. The maximum atomic E-state index is 12.9. The zero-order valence-corrected chi connectivity index (χ0v) is 17.7. The second-order valence-corrected chi connectivity index (χ2v) is 8.96. The van der Waals surface area contributed by atoms with E-state index < -0.39 is 16.1 Å². The number of carbonyl (C=O) groups is 1. The van der Waals surface area contributed by atoms with Crippen LogP contribution in [-0.4, -0.2) is 32.3 Å². The number of nitrogens with one attached hydrogen (secondary N) is 1. The number of amides is 1. The number of nitrogens with zero attached hydrogens (tertiary/aromatic N) is 1. The molecule has 0 aromatic heterocycles. The molecule has 0 heterocycles. The molecule has 2 aromatic rings. The van der Waals surface area contributed by atoms with Gasteiger partial charge in [-0.1, -0.05) is 67.9 Å². The van der Waals surface area contributed by atoms with Crippen molar-refractivity contribution in [3.63, 3.8) is 0 Å². The molecule has 0 aliphatic heterocycles. The highest BCUT2D eigenvalue weighted by molar-refractivity contribution is 7.92. The summed E-state index contributed by atoms with van der Waals surface area (Å²) in [6, 6.07) is 15.5. The molecule has 2 aromatic carbocycles. The number of carbonyl (C=O) groups excluding carboxylic acids is 1. The van der Waals surface area contributed by atoms with Crippen molar-refractivity contribution in [2.24, 2.45) is 5.92 Å². The summed E-state index contributed by atoms with van der Waals surface area (Å²) in [6.45, 7) is 3.95. The van der Waals surface area contributed by atoms with Gasteiger partial charge in [-0.25, -0.2) is 8.42 Å². The molecule has 2 rings (SSSR count). The minimum atomic E-state index is -3.78. The molecule has 1 atom stereocenters. The zero-order valence-electron chi connectivity index (χ0n) is 16.2. The molecule has 0 fully saturated rings. The van der Waals surface area contributed by atoms with Gasteiger partial charge in [0.25, 0.3) is 0 Å². The fourth-order valence-corrected chi connectivity index (χ4v) is 4.00. The van der Waals surface area contributed by atoms with Gasteiger partial charge in [0.1, 0.15) is 6.04 Å². The Morgan fingerprint density at radius 1 is 1.14 bits per heavy atom. The van der Waals surface area contributed by atoms with Crippen molar-refractivity contribution in [2.75, 3.05) is 7.05 Å². The summed E-state index contributed by atoms with van der Waals surface area (Å²) in [4.78, 5) is 14.4. The summed E-state index contributed by atoms with van der Waals surface area (Å²) >= 11 is 5.99. The molecule has 7 heteroatoms. The van der Waals surface area contributed by atoms with Crippen molar-refractivity contribution in [1.82, 2.24) is 9.62 Å². The van der Waals surface area contributed by atoms with Crippen LogP contribution in [0.15, 0.2) is 60.0 Å². The van der Waals surface area contributed by atoms with Crippen LogP contribution in [0.3, 0.4) is 0 Å². The maximum absolute atomic E-state index is 12.9. The molecule has 1 N–H and O–H groups in total. The van der Waals surface area contributed by atoms with Crippen molar-refractivity contribution in [2.45, 2.75) is 26.4 Å². The Kier molecular flexibility index (Phi) is 7.80. The van der Waals surface area contributed by atoms with Crippen LogP contribution in [0.5, 0.6) is 0 Å². The van der Waals surface area contributed by atoms with Gasteiger partial charge < -0.3 is 4.90 Å². The standard InChI is InChI=1S/C21H25ClN2O3S/c1-16(2)20(21(25)24(3)15-18-10-7-11-19(22)14-18)23-28(26,27)13-12-17-8-5-4-6-9-17/h4-14,16,20,23H,15H2,1-3H3/b13-12+/t20-/m0/s1. The lowest BCUT2D eigenvalue weighted by molar-refractivity contribution is -0.133. The van der Waals surface area contributed by atoms with Gasteiger partial charge >= 0.3 is 0 Å². The van der Waals surface area contributed by atoms with Crippen molar-refractivity contribution >= 4 is 33.6 Å². The Hall–Kier alpha value is -2.15. The fourth-order valence-electron chi connectivity index (χ4n) is 2.64. The molecule has 0 spiro atoms. The molecule has 0 saturated heterocycles. The average molecular weight is 421 g/mol. The van der Waals surface area contributed by atoms with Gasteiger partial charge in [0, 0.05) is 24.0 Å². The van der Waals surface area contributed by atoms with Gasteiger partial charge in [0.2, 0.25) is 15.9 Å². The van der Waals surface area contributed by atoms with Crippen LogP contribution in [0.25, 0.3) is 6.08 Å². The third-order valence-corrected chi connectivity index (χ3v) is 5.46. The number of likely N-dealkylation sites (N-methyl/N-ethyl adjacent to an activating group) is 1. The lowest BCUT2D eigenvalue weighted by Gasteiger charge is -2.26. The summed E-state index contributed by atoms with van der Waals surface area (Å²) in [5.41, 5.74) is 1.64. The summed E-state index contributed by atoms with van der Waals surface area (Å²) in [7, 11) is -2.14. The van der Waals surface area contributed by atoms with Crippen molar-refractivity contribution in [3.8, 4) is 0 Å². The van der Waals surface area contributed by atoms with Crippen molar-refractivity contribution in [3.05, 3.63) is 76.2 Å². The first-order valence-electron chi connectivity index (χ1n) is 8.93. The van der Waals surface area contributed by atoms with Gasteiger partial charge in [-0.2, -0.15) is 4.72 Å². The highest BCUT2D eigenvalue weighted by Gasteiger charge is 2.28. The predicted octanol–water partition coefficient (Wildman–Crippen LogP) is 3.91. The highest BCUT2D eigenvalue weighted by Crippen LogP contribution is 2.14. The fraction of sp³-hybridized carbons (Fsp3) is 0.286. The molecule has 0 unspecified atom stereocenters. The summed E-state index contributed by atoms with van der Waals surface area (Å²) < 4.78 is 27.4. The van der Waals surface area contributed by atoms with Crippen LogP contribution in [-0.2, 0) is 21.4 Å². The van der Waals surface area contributed by atoms with E-state index in [1.54, 1.807) is 45.2 Å². The summed E-state index contributed by atoms with van der Waals surface area (Å²) in [5.74, 6) is -0.513. The van der Waals surface area contributed by atoms with E-state index in [-0.39, 0.29) is 11.8 Å². The van der Waals surface area contributed by atoms with E-state index in [0.29, 0.717) is 11.6 Å². The molecule has 28 heavy (non-hydrogen) atoms. The first-order valence-corrected chi connectivity index (χ1v) is 10.9. The zero-order chi connectivity index (χ0) is 20.7. The second kappa shape index (κ2) is 9.87. The molecular formula is C21H25ClN2O3S. The van der Waals surface area contributed by atoms with E-state index in [2.05, 4.69) is 4.72 Å². The van der Waals surface area contributed by atoms with Gasteiger partial charge in [-0.15, -0.1) is 0 Å². The molecule has 1 amide bonds. The predicted molar refractivity (Wildman–Crippen MR) is 114 cm³/mol. The van der Waals surface area contributed by atoms with Crippen molar-refractivity contribution in [1.29, 1.82) is 0 Å². The third kappa shape index (κ3) is 6.78. The van der Waals surface area contributed by atoms with Crippen LogP contribution in [0.2, 0.25) is 5.02 Å². The largest absolute Gasteiger partial charge is 0.340 e. The van der Waals surface area contributed by atoms with Crippen molar-refractivity contribution < 1.29 is 13.2 Å². The van der Waals surface area contributed by atoms with Gasteiger partial charge in [0.15, 0.2) is 0 Å². The van der Waals surface area contributed by atoms with Crippen LogP contribution >= 0.6 is 11.6 Å². The first-order chi connectivity index (χ1) is 13.2. The Balaban J connectivity index is 2.10. The number of rotatable bonds is 8. The lowest BCUT2D eigenvalue weighted by Crippen LogP contribution is -2.49. The van der Waals surface area contributed by atoms with E-state index in [0.717, 1.165) is 16.5 Å². The highest BCUT2D eigenvalue weighted by atomic mass is 35.5. The first kappa shape index (κ1) is 22.1. The van der Waals surface area contributed by atoms with E-state index >= 15 is 0 Å². The molecule has 0 aliphatic rings. The van der Waals surface area contributed by atoms with Gasteiger partial charge in [0.05, 0.1) is 0 Å². The molecule has 0 bridgehead atoms. The van der Waals surface area contributed by atoms with Crippen LogP contribution in [0.4, 0.5) is 0 Å². The summed E-state index contributed by atoms with van der Waals surface area (Å²) in [5, 5.41) is 1.67. The monoisotopic (exact) mass is 420 g/mol. The number of hydrogen-bond acceptors (Lipinski definition) is 3. The normalized spacial score (nSPS) is 13.0. The molecule has 0 saturated carbocycles. The maximum Gasteiger partial charge on any atom is 0.241 e. The average Bonchev–Trinajstić information content (AvgIpc) is 2.65. The third-order valence-electron chi connectivity index (χ3n) is 4.15. The second-order valence-electron chi connectivity index (χ2n) is 6.92. The molecule has 0 aliphatic carbocycles. The lowest BCUT2D eigenvalue weighted by atomic mass is 10.0. The minimum Gasteiger partial charge on any atom is -0.340 e. The number of halogens is 1. The van der Waals surface area contributed by atoms with Crippen LogP contribution in [0.1, 0.15) is 25.0 Å². The quantitative estimate of drug-likeness (QED) is 0.703. The number of hydrogen-bond donors (Lipinski definition) is 1. The minimum absolute atomic E-state index is 0.214. The Labute approximate surface area is 172 Å². The Morgan fingerprint density at radius 2 is 1.82 bits per heavy atom. The molecule has 150 valence electrons. The summed E-state index contributed by atoms with van der Waals surface area (Å²) in [6.07, 6.45) is 1.50. The van der Waals surface area contributed by atoms with Gasteiger partial charge in [-0.05, 0) is 35.3 Å². The van der Waals surface area contributed by atoms with Crippen LogP contribution < -0.4 is 4.72 Å². The smallest absolute Gasteiger partial charge is 0.241 e. The van der Waals surface area contributed by atoms with E-state index in [4.69, 9.17) is 11.6 Å². The molecule has 5 nitrogen and oxygen atoms in total. The van der Waals surface area contributed by atoms with E-state index in [9.17, 15) is 13.2 Å². The van der Waals surface area contributed by atoms with Crippen LogP contribution in [0, 0.1) is 5.92 Å². The Morgan fingerprint density at radius 3 is 2.43 bits per heavy atom. The Bertz CT molecular complexity index is 928. The van der Waals surface area contributed by atoms with E-state index in [1.807, 2.05) is 30.3 Å². The topological polar surface area (TPSA) is 66.5 Å². The molecule has 0 radical (unpaired) electrons. The SMILES string of the molecule is CC(C)[C@H](NS(=O)(=O)/C=C/c1ccccc1)C(=O)N(C)Cc1cccc(Cl)c1. The molecular weight excluding hydrogens is 396 g/mol. The van der Waals surface area contributed by atoms with E-state index in [1.165, 1.54) is 11.0 Å². The number of benzene rings is 2.